The van der Waals surface area contributed by atoms with Crippen molar-refractivity contribution in [3.05, 3.63) is 54.1 Å². The molecule has 1 aliphatic heterocycles. The lowest BCUT2D eigenvalue weighted by Gasteiger charge is -2.32. The molecule has 0 bridgehead atoms. The number of imidazole rings is 1. The Kier molecular flexibility index (Phi) is 4.73. The van der Waals surface area contributed by atoms with Crippen LogP contribution in [0.5, 0.6) is 5.75 Å². The third-order valence-electron chi connectivity index (χ3n) is 4.76. The number of hydrogen-bond donors (Lipinski definition) is 1. The summed E-state index contributed by atoms with van der Waals surface area (Å²) in [5.41, 5.74) is 2.36. The van der Waals surface area contributed by atoms with Crippen molar-refractivity contribution >= 4 is 28.9 Å². The highest BCUT2D eigenvalue weighted by atomic mass is 16.5. The normalized spacial score (nSPS) is 18.4. The van der Waals surface area contributed by atoms with E-state index in [9.17, 15) is 9.59 Å². The van der Waals surface area contributed by atoms with E-state index in [0.717, 1.165) is 16.6 Å². The van der Waals surface area contributed by atoms with Gasteiger partial charge in [-0.1, -0.05) is 24.3 Å². The predicted octanol–water partition coefficient (Wildman–Crippen LogP) is 3.16. The van der Waals surface area contributed by atoms with Crippen LogP contribution in [0.25, 0.3) is 11.0 Å². The van der Waals surface area contributed by atoms with Gasteiger partial charge in [0.05, 0.1) is 30.3 Å². The fourth-order valence-corrected chi connectivity index (χ4v) is 3.66. The summed E-state index contributed by atoms with van der Waals surface area (Å²) in [5, 5.41) is 2.76. The summed E-state index contributed by atoms with van der Waals surface area (Å²) in [5.74, 6) is -0.914. The molecule has 1 N–H and O–H groups in total. The summed E-state index contributed by atoms with van der Waals surface area (Å²) in [6.45, 7) is 4.35. The van der Waals surface area contributed by atoms with Crippen molar-refractivity contribution in [2.45, 2.75) is 19.9 Å². The molecule has 1 aromatic heterocycles. The topological polar surface area (TPSA) is 82.5 Å². The maximum absolute atomic E-state index is 12.8. The first-order valence-corrected chi connectivity index (χ1v) is 9.31. The summed E-state index contributed by atoms with van der Waals surface area (Å²) >= 11 is 0. The van der Waals surface area contributed by atoms with E-state index in [1.54, 1.807) is 6.92 Å². The smallest absolute Gasteiger partial charge is 0.321 e. The van der Waals surface area contributed by atoms with E-state index in [1.807, 2.05) is 60.0 Å². The maximum Gasteiger partial charge on any atom is 0.321 e. The molecule has 2 heterocycles. The first-order valence-electron chi connectivity index (χ1n) is 9.31. The average molecular weight is 379 g/mol. The van der Waals surface area contributed by atoms with E-state index in [4.69, 9.17) is 9.47 Å². The number of ether oxygens (including phenoxy) is 2. The Hall–Kier alpha value is -3.35. The summed E-state index contributed by atoms with van der Waals surface area (Å²) in [7, 11) is 0. The molecular weight excluding hydrogens is 358 g/mol. The molecule has 0 aliphatic carbocycles. The lowest BCUT2D eigenvalue weighted by Crippen LogP contribution is -2.43. The molecule has 1 aliphatic rings. The number of hydrogen-bond acceptors (Lipinski definition) is 5. The van der Waals surface area contributed by atoms with E-state index >= 15 is 0 Å². The summed E-state index contributed by atoms with van der Waals surface area (Å²) in [4.78, 5) is 30.1. The Bertz CT molecular complexity index is 1040. The number of rotatable bonds is 5. The largest absolute Gasteiger partial charge is 0.494 e. The van der Waals surface area contributed by atoms with Crippen molar-refractivity contribution in [3.8, 4) is 5.75 Å². The number of anilines is 1. The minimum atomic E-state index is -1.03. The molecule has 144 valence electrons. The summed E-state index contributed by atoms with van der Waals surface area (Å²) < 4.78 is 12.7. The van der Waals surface area contributed by atoms with E-state index in [-0.39, 0.29) is 6.61 Å². The summed E-state index contributed by atoms with van der Waals surface area (Å²) in [6, 6.07) is 14.4. The Labute approximate surface area is 162 Å². The van der Waals surface area contributed by atoms with Gasteiger partial charge in [0.2, 0.25) is 11.9 Å². The van der Waals surface area contributed by atoms with Gasteiger partial charge in [0, 0.05) is 0 Å². The quantitative estimate of drug-likeness (QED) is 0.544. The number of esters is 1. The lowest BCUT2D eigenvalue weighted by molar-refractivity contribution is -0.152. The Balaban J connectivity index is 1.93. The van der Waals surface area contributed by atoms with Crippen LogP contribution in [0.15, 0.2) is 48.5 Å². The second-order valence-electron chi connectivity index (χ2n) is 6.46. The van der Waals surface area contributed by atoms with Crippen molar-refractivity contribution in [1.82, 2.24) is 9.55 Å². The zero-order valence-corrected chi connectivity index (χ0v) is 15.7. The van der Waals surface area contributed by atoms with E-state index < -0.39 is 23.8 Å². The minimum Gasteiger partial charge on any atom is -0.494 e. The number of para-hydroxylation sites is 2. The van der Waals surface area contributed by atoms with Crippen molar-refractivity contribution in [2.75, 3.05) is 18.5 Å². The van der Waals surface area contributed by atoms with Crippen LogP contribution in [0, 0.1) is 5.92 Å². The van der Waals surface area contributed by atoms with Gasteiger partial charge in [0.1, 0.15) is 5.75 Å². The molecule has 2 atom stereocenters. The molecule has 2 aromatic carbocycles. The van der Waals surface area contributed by atoms with Crippen molar-refractivity contribution in [1.29, 1.82) is 0 Å². The van der Waals surface area contributed by atoms with Crippen LogP contribution >= 0.6 is 0 Å². The lowest BCUT2D eigenvalue weighted by atomic mass is 9.90. The van der Waals surface area contributed by atoms with Crippen molar-refractivity contribution in [3.63, 3.8) is 0 Å². The monoisotopic (exact) mass is 379 g/mol. The van der Waals surface area contributed by atoms with Gasteiger partial charge in [-0.25, -0.2) is 4.98 Å². The van der Waals surface area contributed by atoms with Crippen LogP contribution in [0.2, 0.25) is 0 Å². The molecule has 28 heavy (non-hydrogen) atoms. The standard InChI is InChI=1S/C21H21N3O4/c1-3-27-14-9-7-8-13(12-14)18-17(20(26)28-4-2)19(25)23-21-22-15-10-5-6-11-16(15)24(18)21/h5-12,17-18H,3-4H2,1-2H3,(H,22,23,25)/t17-,18-/m1/s1. The van der Waals surface area contributed by atoms with Crippen LogP contribution in [0.4, 0.5) is 5.95 Å². The number of carbonyl (C=O) groups is 2. The van der Waals surface area contributed by atoms with Gasteiger partial charge in [0.25, 0.3) is 0 Å². The van der Waals surface area contributed by atoms with Crippen LogP contribution < -0.4 is 10.1 Å². The fourth-order valence-electron chi connectivity index (χ4n) is 3.66. The average Bonchev–Trinajstić information content (AvgIpc) is 3.05. The molecule has 0 radical (unpaired) electrons. The van der Waals surface area contributed by atoms with Gasteiger partial charge >= 0.3 is 5.97 Å². The molecule has 7 heteroatoms. The molecule has 0 fully saturated rings. The van der Waals surface area contributed by atoms with E-state index in [2.05, 4.69) is 10.3 Å². The van der Waals surface area contributed by atoms with Gasteiger partial charge in [-0.15, -0.1) is 0 Å². The first-order chi connectivity index (χ1) is 13.6. The minimum absolute atomic E-state index is 0.200. The fraction of sp³-hybridized carbons (Fsp3) is 0.286. The van der Waals surface area contributed by atoms with Crippen LogP contribution in [-0.4, -0.2) is 34.6 Å². The SMILES string of the molecule is CCOC(=O)[C@H]1C(=O)Nc2nc3ccccc3n2[C@@H]1c1cccc(OCC)c1. The maximum atomic E-state index is 12.8. The predicted molar refractivity (Wildman–Crippen MR) is 104 cm³/mol. The van der Waals surface area contributed by atoms with Crippen LogP contribution in [-0.2, 0) is 14.3 Å². The highest BCUT2D eigenvalue weighted by molar-refractivity contribution is 6.07. The highest BCUT2D eigenvalue weighted by Gasteiger charge is 2.44. The number of aromatic nitrogens is 2. The number of fused-ring (bicyclic) bond motifs is 3. The van der Waals surface area contributed by atoms with Gasteiger partial charge in [-0.2, -0.15) is 0 Å². The Morgan fingerprint density at radius 2 is 1.96 bits per heavy atom. The van der Waals surface area contributed by atoms with Crippen LogP contribution in [0.3, 0.4) is 0 Å². The van der Waals surface area contributed by atoms with Gasteiger partial charge < -0.3 is 14.0 Å². The first kappa shape index (κ1) is 18.0. The molecule has 0 spiro atoms. The molecule has 0 unspecified atom stereocenters. The number of nitrogens with one attached hydrogen (secondary N) is 1. The Morgan fingerprint density at radius 3 is 2.75 bits per heavy atom. The van der Waals surface area contributed by atoms with Crippen LogP contribution in [0.1, 0.15) is 25.5 Å². The second kappa shape index (κ2) is 7.34. The molecule has 0 saturated carbocycles. The van der Waals surface area contributed by atoms with Gasteiger partial charge in [-0.05, 0) is 43.7 Å². The van der Waals surface area contributed by atoms with Crippen molar-refractivity contribution in [2.24, 2.45) is 5.92 Å². The van der Waals surface area contributed by atoms with Gasteiger partial charge in [-0.3, -0.25) is 14.9 Å². The number of benzene rings is 2. The molecule has 4 rings (SSSR count). The number of carbonyl (C=O) groups excluding carboxylic acids is 2. The highest BCUT2D eigenvalue weighted by Crippen LogP contribution is 2.39. The number of amides is 1. The van der Waals surface area contributed by atoms with Gasteiger partial charge in [0.15, 0.2) is 5.92 Å². The Morgan fingerprint density at radius 1 is 1.14 bits per heavy atom. The summed E-state index contributed by atoms with van der Waals surface area (Å²) in [6.07, 6.45) is 0. The second-order valence-corrected chi connectivity index (χ2v) is 6.46. The van der Waals surface area contributed by atoms with E-state index in [1.165, 1.54) is 0 Å². The molecule has 0 saturated heterocycles. The molecule has 7 nitrogen and oxygen atoms in total. The number of nitrogens with zero attached hydrogens (tertiary/aromatic N) is 2. The zero-order valence-electron chi connectivity index (χ0n) is 15.7. The van der Waals surface area contributed by atoms with Crippen molar-refractivity contribution < 1.29 is 19.1 Å². The molecule has 1 amide bonds. The van der Waals surface area contributed by atoms with E-state index in [0.29, 0.717) is 18.3 Å². The molecule has 3 aromatic rings. The third kappa shape index (κ3) is 2.98. The third-order valence-corrected chi connectivity index (χ3v) is 4.76. The molecular formula is C21H21N3O4. The zero-order chi connectivity index (χ0) is 19.7.